The topological polar surface area (TPSA) is 54.5 Å². The van der Waals surface area contributed by atoms with E-state index >= 15 is 0 Å². The molecule has 22 heavy (non-hydrogen) atoms. The Bertz CT molecular complexity index is 542. The van der Waals surface area contributed by atoms with E-state index < -0.39 is 11.9 Å². The van der Waals surface area contributed by atoms with Gasteiger partial charge in [0.05, 0.1) is 6.61 Å². The minimum Gasteiger partial charge on any atom is -0.384 e. The first-order valence-electron chi connectivity index (χ1n) is 6.77. The summed E-state index contributed by atoms with van der Waals surface area (Å²) in [5.41, 5.74) is -0.654. The van der Waals surface area contributed by atoms with Crippen molar-refractivity contribution in [1.29, 1.82) is 0 Å². The molecule has 0 bridgehead atoms. The molecule has 2 heterocycles. The predicted octanol–water partition coefficient (Wildman–Crippen LogP) is 2.28. The Morgan fingerprint density at radius 1 is 1.50 bits per heavy atom. The summed E-state index contributed by atoms with van der Waals surface area (Å²) >= 11 is 0. The van der Waals surface area contributed by atoms with Crippen molar-refractivity contribution >= 4 is 6.03 Å². The lowest BCUT2D eigenvalue weighted by atomic mass is 9.83. The number of carbonyl (C=O) groups is 1. The number of pyridine rings is 1. The molecule has 0 spiro atoms. The highest BCUT2D eigenvalue weighted by atomic mass is 19.4. The van der Waals surface area contributed by atoms with Crippen LogP contribution in [0.3, 0.4) is 0 Å². The molecule has 1 fully saturated rings. The Morgan fingerprint density at radius 3 is 2.77 bits per heavy atom. The molecule has 8 heteroatoms. The summed E-state index contributed by atoms with van der Waals surface area (Å²) in [6.07, 6.45) is -3.40. The Balaban J connectivity index is 1.85. The third-order valence-corrected chi connectivity index (χ3v) is 3.48. The number of aromatic nitrogens is 1. The molecule has 0 radical (unpaired) electrons. The van der Waals surface area contributed by atoms with E-state index in [9.17, 15) is 18.0 Å². The largest absolute Gasteiger partial charge is 0.433 e. The second-order valence-electron chi connectivity index (χ2n) is 5.81. The zero-order valence-electron chi connectivity index (χ0n) is 12.4. The van der Waals surface area contributed by atoms with Crippen LogP contribution in [0.4, 0.5) is 18.0 Å². The maximum Gasteiger partial charge on any atom is 0.433 e. The molecule has 0 aromatic carbocycles. The fraction of sp³-hybridized carbons (Fsp3) is 0.571. The molecule has 2 rings (SSSR count). The van der Waals surface area contributed by atoms with E-state index in [1.807, 2.05) is 6.92 Å². The van der Waals surface area contributed by atoms with E-state index in [0.717, 1.165) is 12.3 Å². The Kier molecular flexibility index (Phi) is 4.60. The van der Waals surface area contributed by atoms with Crippen molar-refractivity contribution in [2.45, 2.75) is 19.6 Å². The third-order valence-electron chi connectivity index (χ3n) is 3.48. The standard InChI is InChI=1S/C14H18F3N3O2/c1-13(9-22-2)7-20(8-13)12(21)19-6-10-3-4-18-11(5-10)14(15,16)17/h3-5H,6-9H2,1-2H3,(H,19,21). The van der Waals surface area contributed by atoms with E-state index in [4.69, 9.17) is 4.74 Å². The number of ether oxygens (including phenoxy) is 1. The van der Waals surface area contributed by atoms with Crippen LogP contribution in [0.2, 0.25) is 0 Å². The van der Waals surface area contributed by atoms with Gasteiger partial charge in [0.1, 0.15) is 5.69 Å². The molecule has 1 N–H and O–H groups in total. The summed E-state index contributed by atoms with van der Waals surface area (Å²) in [5.74, 6) is 0. The summed E-state index contributed by atoms with van der Waals surface area (Å²) in [7, 11) is 1.61. The van der Waals surface area contributed by atoms with Gasteiger partial charge in [0.15, 0.2) is 0 Å². The van der Waals surface area contributed by atoms with Gasteiger partial charge in [-0.25, -0.2) is 4.79 Å². The van der Waals surface area contributed by atoms with Gasteiger partial charge in [-0.1, -0.05) is 6.92 Å². The van der Waals surface area contributed by atoms with Gasteiger partial charge in [-0.15, -0.1) is 0 Å². The van der Waals surface area contributed by atoms with Crippen molar-refractivity contribution in [2.24, 2.45) is 5.41 Å². The highest BCUT2D eigenvalue weighted by molar-refractivity contribution is 5.75. The van der Waals surface area contributed by atoms with Gasteiger partial charge >= 0.3 is 12.2 Å². The van der Waals surface area contributed by atoms with Crippen LogP contribution in [0.25, 0.3) is 0 Å². The summed E-state index contributed by atoms with van der Waals surface area (Å²) < 4.78 is 42.7. The van der Waals surface area contributed by atoms with Gasteiger partial charge in [-0.05, 0) is 17.7 Å². The highest BCUT2D eigenvalue weighted by Crippen LogP contribution is 2.30. The van der Waals surface area contributed by atoms with E-state index in [1.54, 1.807) is 12.0 Å². The van der Waals surface area contributed by atoms with Crippen molar-refractivity contribution in [1.82, 2.24) is 15.2 Å². The van der Waals surface area contributed by atoms with E-state index in [0.29, 0.717) is 25.3 Å². The van der Waals surface area contributed by atoms with E-state index in [-0.39, 0.29) is 18.0 Å². The zero-order valence-corrected chi connectivity index (χ0v) is 12.4. The minimum atomic E-state index is -4.49. The molecule has 2 amide bonds. The number of likely N-dealkylation sites (tertiary alicyclic amines) is 1. The number of rotatable bonds is 4. The number of nitrogens with zero attached hydrogens (tertiary/aromatic N) is 2. The summed E-state index contributed by atoms with van der Waals surface area (Å²) in [5, 5.41) is 2.61. The molecule has 0 saturated carbocycles. The molecule has 0 atom stereocenters. The molecular formula is C14H18F3N3O2. The number of halogens is 3. The number of methoxy groups -OCH3 is 1. The fourth-order valence-electron chi connectivity index (χ4n) is 2.49. The lowest BCUT2D eigenvalue weighted by molar-refractivity contribution is -0.141. The number of urea groups is 1. The van der Waals surface area contributed by atoms with Crippen molar-refractivity contribution in [3.63, 3.8) is 0 Å². The van der Waals surface area contributed by atoms with E-state index in [2.05, 4.69) is 10.3 Å². The van der Waals surface area contributed by atoms with E-state index in [1.165, 1.54) is 6.07 Å². The van der Waals surface area contributed by atoms with Crippen LogP contribution in [0, 0.1) is 5.41 Å². The molecule has 0 aliphatic carbocycles. The van der Waals surface area contributed by atoms with Crippen LogP contribution >= 0.6 is 0 Å². The molecular weight excluding hydrogens is 299 g/mol. The van der Waals surface area contributed by atoms with Gasteiger partial charge in [-0.2, -0.15) is 13.2 Å². The quantitative estimate of drug-likeness (QED) is 0.927. The second kappa shape index (κ2) is 6.12. The summed E-state index contributed by atoms with van der Waals surface area (Å²) in [4.78, 5) is 16.8. The molecule has 1 saturated heterocycles. The van der Waals surface area contributed by atoms with Crippen LogP contribution in [-0.4, -0.2) is 42.7 Å². The van der Waals surface area contributed by atoms with Crippen LogP contribution in [-0.2, 0) is 17.5 Å². The maximum absolute atomic E-state index is 12.5. The molecule has 1 aromatic heterocycles. The van der Waals surface area contributed by atoms with Gasteiger partial charge in [-0.3, -0.25) is 4.98 Å². The first-order chi connectivity index (χ1) is 10.2. The van der Waals surface area contributed by atoms with Gasteiger partial charge < -0.3 is 15.0 Å². The summed E-state index contributed by atoms with van der Waals surface area (Å²) in [6.45, 7) is 3.74. The average Bonchev–Trinajstić information content (AvgIpc) is 2.41. The van der Waals surface area contributed by atoms with Gasteiger partial charge in [0.25, 0.3) is 0 Å². The highest BCUT2D eigenvalue weighted by Gasteiger charge is 2.41. The smallest absolute Gasteiger partial charge is 0.384 e. The maximum atomic E-state index is 12.5. The van der Waals surface area contributed by atoms with Crippen LogP contribution in [0.1, 0.15) is 18.2 Å². The molecule has 1 aromatic rings. The first-order valence-corrected chi connectivity index (χ1v) is 6.77. The summed E-state index contributed by atoms with van der Waals surface area (Å²) in [6, 6.07) is 2.09. The Morgan fingerprint density at radius 2 is 2.18 bits per heavy atom. The third kappa shape index (κ3) is 3.88. The van der Waals surface area contributed by atoms with Crippen molar-refractivity contribution < 1.29 is 22.7 Å². The second-order valence-corrected chi connectivity index (χ2v) is 5.81. The number of amides is 2. The van der Waals surface area contributed by atoms with Crippen LogP contribution in [0.15, 0.2) is 18.3 Å². The first kappa shape index (κ1) is 16.5. The molecule has 1 aliphatic heterocycles. The monoisotopic (exact) mass is 317 g/mol. The van der Waals surface area contributed by atoms with Crippen molar-refractivity contribution in [3.05, 3.63) is 29.6 Å². The minimum absolute atomic E-state index is 0.0297. The van der Waals surface area contributed by atoms with Crippen molar-refractivity contribution in [3.8, 4) is 0 Å². The number of hydrogen-bond donors (Lipinski definition) is 1. The van der Waals surface area contributed by atoms with Gasteiger partial charge in [0.2, 0.25) is 0 Å². The lowest BCUT2D eigenvalue weighted by Gasteiger charge is -2.47. The zero-order chi connectivity index (χ0) is 16.4. The Hall–Kier alpha value is -1.83. The SMILES string of the molecule is COCC1(C)CN(C(=O)NCc2ccnc(C(F)(F)F)c2)C1. The lowest BCUT2D eigenvalue weighted by Crippen LogP contribution is -2.61. The Labute approximate surface area is 126 Å². The molecule has 1 aliphatic rings. The number of nitrogens with one attached hydrogen (secondary N) is 1. The predicted molar refractivity (Wildman–Crippen MR) is 73.0 cm³/mol. The molecule has 5 nitrogen and oxygen atoms in total. The average molecular weight is 317 g/mol. The van der Waals surface area contributed by atoms with Crippen LogP contribution < -0.4 is 5.32 Å². The molecule has 122 valence electrons. The van der Waals surface area contributed by atoms with Crippen LogP contribution in [0.5, 0.6) is 0 Å². The normalized spacial score (nSPS) is 17.0. The fourth-order valence-corrected chi connectivity index (χ4v) is 2.49. The molecule has 0 unspecified atom stereocenters. The van der Waals surface area contributed by atoms with Crippen molar-refractivity contribution in [2.75, 3.05) is 26.8 Å². The van der Waals surface area contributed by atoms with Gasteiger partial charge in [0, 0.05) is 38.4 Å². The number of alkyl halides is 3. The number of hydrogen-bond acceptors (Lipinski definition) is 3. The number of carbonyl (C=O) groups excluding carboxylic acids is 1.